The van der Waals surface area contributed by atoms with Crippen LogP contribution in [0.25, 0.3) is 0 Å². The van der Waals surface area contributed by atoms with E-state index in [1.165, 1.54) is 12.4 Å². The summed E-state index contributed by atoms with van der Waals surface area (Å²) in [4.78, 5) is 4.12. The van der Waals surface area contributed by atoms with Crippen molar-refractivity contribution in [2.45, 2.75) is 33.0 Å². The summed E-state index contributed by atoms with van der Waals surface area (Å²) in [6.45, 7) is 3.68. The number of hydrogen-bond acceptors (Lipinski definition) is 4. The van der Waals surface area contributed by atoms with Crippen LogP contribution >= 0.6 is 0 Å². The summed E-state index contributed by atoms with van der Waals surface area (Å²) in [5, 5.41) is 7.08. The minimum atomic E-state index is -0.362. The first kappa shape index (κ1) is 14.5. The van der Waals surface area contributed by atoms with E-state index >= 15 is 0 Å². The molecule has 5 nitrogen and oxygen atoms in total. The molecule has 0 radical (unpaired) electrons. The Bertz CT molecular complexity index is 556. The number of nitrogens with one attached hydrogen (secondary N) is 1. The van der Waals surface area contributed by atoms with Gasteiger partial charge in [0.25, 0.3) is 0 Å². The summed E-state index contributed by atoms with van der Waals surface area (Å²) in [6.07, 6.45) is 2.45. The van der Waals surface area contributed by atoms with Gasteiger partial charge in [0.05, 0.1) is 0 Å². The second-order valence-corrected chi connectivity index (χ2v) is 4.48. The number of aromatic nitrogens is 3. The van der Waals surface area contributed by atoms with E-state index < -0.39 is 0 Å². The first-order valence-corrected chi connectivity index (χ1v) is 6.67. The van der Waals surface area contributed by atoms with Gasteiger partial charge in [-0.25, -0.2) is 14.1 Å². The summed E-state index contributed by atoms with van der Waals surface area (Å²) in [5.74, 6) is 0.570. The molecule has 0 amide bonds. The topological polar surface area (TPSA) is 52.0 Å². The van der Waals surface area contributed by atoms with Crippen molar-refractivity contribution in [3.05, 3.63) is 41.7 Å². The zero-order chi connectivity index (χ0) is 14.4. The lowest BCUT2D eigenvalue weighted by molar-refractivity contribution is 0.272. The van der Waals surface area contributed by atoms with Crippen LogP contribution in [0.15, 0.2) is 24.5 Å². The predicted octanol–water partition coefficient (Wildman–Crippen LogP) is 2.13. The van der Waals surface area contributed by atoms with Gasteiger partial charge >= 0.3 is 0 Å². The first-order chi connectivity index (χ1) is 9.74. The van der Waals surface area contributed by atoms with Crippen molar-refractivity contribution >= 4 is 0 Å². The lowest BCUT2D eigenvalue weighted by atomic mass is 10.2. The Kier molecular flexibility index (Phi) is 5.06. The van der Waals surface area contributed by atoms with Crippen LogP contribution in [0.2, 0.25) is 0 Å². The Balaban J connectivity index is 2.01. The molecule has 0 atom stereocenters. The lowest BCUT2D eigenvalue weighted by Gasteiger charge is -2.09. The second-order valence-electron chi connectivity index (χ2n) is 4.48. The zero-order valence-corrected chi connectivity index (χ0v) is 11.8. The van der Waals surface area contributed by atoms with Crippen LogP contribution < -0.4 is 10.1 Å². The van der Waals surface area contributed by atoms with Crippen molar-refractivity contribution in [2.24, 2.45) is 0 Å². The Hall–Kier alpha value is -1.95. The van der Waals surface area contributed by atoms with Crippen LogP contribution in [0.1, 0.15) is 24.7 Å². The zero-order valence-electron chi connectivity index (χ0n) is 11.8. The summed E-state index contributed by atoms with van der Waals surface area (Å²) in [6, 6.07) is 4.96. The summed E-state index contributed by atoms with van der Waals surface area (Å²) >= 11 is 0. The Morgan fingerprint density at radius 2 is 2.25 bits per heavy atom. The fraction of sp³-hybridized carbons (Fsp3) is 0.429. The Labute approximate surface area is 117 Å². The molecule has 0 bridgehead atoms. The van der Waals surface area contributed by atoms with Gasteiger partial charge in [-0.05, 0) is 31.2 Å². The van der Waals surface area contributed by atoms with Crippen molar-refractivity contribution < 1.29 is 9.13 Å². The van der Waals surface area contributed by atoms with Gasteiger partial charge < -0.3 is 10.1 Å². The smallest absolute Gasteiger partial charge is 0.165 e. The summed E-state index contributed by atoms with van der Waals surface area (Å²) in [7, 11) is 1.82. The van der Waals surface area contributed by atoms with Gasteiger partial charge in [-0.1, -0.05) is 13.0 Å². The van der Waals surface area contributed by atoms with Crippen LogP contribution in [0, 0.1) is 5.82 Å². The molecule has 0 fully saturated rings. The minimum Gasteiger partial charge on any atom is -0.483 e. The van der Waals surface area contributed by atoms with Crippen molar-refractivity contribution in [3.63, 3.8) is 0 Å². The number of rotatable bonds is 7. The van der Waals surface area contributed by atoms with Crippen LogP contribution in [0.3, 0.4) is 0 Å². The molecule has 0 spiro atoms. The van der Waals surface area contributed by atoms with Crippen LogP contribution in [-0.4, -0.2) is 21.8 Å². The molecular formula is C14H19FN4O. The molecule has 0 aliphatic carbocycles. The molecular weight excluding hydrogens is 259 g/mol. The molecule has 20 heavy (non-hydrogen) atoms. The highest BCUT2D eigenvalue weighted by atomic mass is 19.1. The highest BCUT2D eigenvalue weighted by Gasteiger charge is 2.08. The number of hydrogen-bond donors (Lipinski definition) is 1. The maximum absolute atomic E-state index is 13.9. The minimum absolute atomic E-state index is 0.211. The number of halogens is 1. The largest absolute Gasteiger partial charge is 0.483 e. The van der Waals surface area contributed by atoms with E-state index in [0.717, 1.165) is 18.5 Å². The van der Waals surface area contributed by atoms with E-state index in [1.807, 2.05) is 13.1 Å². The molecule has 1 heterocycles. The fourth-order valence-electron chi connectivity index (χ4n) is 1.92. The molecule has 1 aromatic heterocycles. The average molecular weight is 278 g/mol. The molecule has 2 rings (SSSR count). The third-order valence-corrected chi connectivity index (χ3v) is 2.87. The van der Waals surface area contributed by atoms with Gasteiger partial charge in [-0.15, -0.1) is 0 Å². The molecule has 0 saturated heterocycles. The van der Waals surface area contributed by atoms with Gasteiger partial charge in [0.1, 0.15) is 12.9 Å². The van der Waals surface area contributed by atoms with E-state index in [0.29, 0.717) is 12.4 Å². The standard InChI is InChI=1S/C14H19FN4O/c1-3-6-19-14(17-10-18-19)9-20-13-5-4-11(8-16-2)7-12(13)15/h4-5,7,10,16H,3,6,8-9H2,1-2H3. The summed E-state index contributed by atoms with van der Waals surface area (Å²) in [5.41, 5.74) is 0.881. The third kappa shape index (κ3) is 3.54. The molecule has 108 valence electrons. The number of aryl methyl sites for hydroxylation is 1. The van der Waals surface area contributed by atoms with E-state index in [-0.39, 0.29) is 18.2 Å². The van der Waals surface area contributed by atoms with E-state index in [4.69, 9.17) is 4.74 Å². The monoisotopic (exact) mass is 278 g/mol. The molecule has 2 aromatic rings. The molecule has 1 N–H and O–H groups in total. The molecule has 1 aromatic carbocycles. The molecule has 0 saturated carbocycles. The Morgan fingerprint density at radius 3 is 2.95 bits per heavy atom. The lowest BCUT2D eigenvalue weighted by Crippen LogP contribution is -2.09. The molecule has 0 unspecified atom stereocenters. The SMILES string of the molecule is CCCn1ncnc1COc1ccc(CNC)cc1F. The number of benzene rings is 1. The van der Waals surface area contributed by atoms with Crippen molar-refractivity contribution in [1.82, 2.24) is 20.1 Å². The number of nitrogens with zero attached hydrogens (tertiary/aromatic N) is 3. The Morgan fingerprint density at radius 1 is 1.40 bits per heavy atom. The van der Waals surface area contributed by atoms with E-state index in [9.17, 15) is 4.39 Å². The van der Waals surface area contributed by atoms with Crippen LogP contribution in [-0.2, 0) is 19.7 Å². The van der Waals surface area contributed by atoms with Crippen LogP contribution in [0.5, 0.6) is 5.75 Å². The van der Waals surface area contributed by atoms with Crippen molar-refractivity contribution in [3.8, 4) is 5.75 Å². The normalized spacial score (nSPS) is 10.8. The predicted molar refractivity (Wildman–Crippen MR) is 73.8 cm³/mol. The highest BCUT2D eigenvalue weighted by molar-refractivity contribution is 5.29. The average Bonchev–Trinajstić information content (AvgIpc) is 2.86. The third-order valence-electron chi connectivity index (χ3n) is 2.87. The van der Waals surface area contributed by atoms with Crippen molar-refractivity contribution in [1.29, 1.82) is 0 Å². The maximum Gasteiger partial charge on any atom is 0.165 e. The maximum atomic E-state index is 13.9. The van der Waals surface area contributed by atoms with Gasteiger partial charge in [0, 0.05) is 13.1 Å². The summed E-state index contributed by atoms with van der Waals surface area (Å²) < 4.78 is 21.1. The highest BCUT2D eigenvalue weighted by Crippen LogP contribution is 2.19. The van der Waals surface area contributed by atoms with Gasteiger partial charge in [0.2, 0.25) is 0 Å². The van der Waals surface area contributed by atoms with Crippen molar-refractivity contribution in [2.75, 3.05) is 7.05 Å². The molecule has 6 heteroatoms. The van der Waals surface area contributed by atoms with E-state index in [2.05, 4.69) is 22.3 Å². The quantitative estimate of drug-likeness (QED) is 0.843. The second kappa shape index (κ2) is 7.00. The number of ether oxygens (including phenoxy) is 1. The van der Waals surface area contributed by atoms with Gasteiger partial charge in [-0.3, -0.25) is 0 Å². The molecule has 0 aliphatic rings. The van der Waals surface area contributed by atoms with Gasteiger partial charge in [0.15, 0.2) is 17.4 Å². The first-order valence-electron chi connectivity index (χ1n) is 6.67. The van der Waals surface area contributed by atoms with Crippen LogP contribution in [0.4, 0.5) is 4.39 Å². The fourth-order valence-corrected chi connectivity index (χ4v) is 1.92. The molecule has 0 aliphatic heterocycles. The van der Waals surface area contributed by atoms with E-state index in [1.54, 1.807) is 10.7 Å². The van der Waals surface area contributed by atoms with Gasteiger partial charge in [-0.2, -0.15) is 5.10 Å².